The molecule has 1 N–H and O–H groups in total. The van der Waals surface area contributed by atoms with Crippen LogP contribution in [0.15, 0.2) is 0 Å². The van der Waals surface area contributed by atoms with Gasteiger partial charge in [0.25, 0.3) is 5.19 Å². The Morgan fingerprint density at radius 2 is 2.00 bits per heavy atom. The van der Waals surface area contributed by atoms with Crippen molar-refractivity contribution >= 4 is 22.2 Å². The summed E-state index contributed by atoms with van der Waals surface area (Å²) in [7, 11) is 0. The average Bonchev–Trinajstić information content (AvgIpc) is 2.71. The van der Waals surface area contributed by atoms with Crippen molar-refractivity contribution in [3.63, 3.8) is 0 Å². The fourth-order valence-corrected chi connectivity index (χ4v) is 3.13. The van der Waals surface area contributed by atoms with Crippen LogP contribution in [0.2, 0.25) is 0 Å². The van der Waals surface area contributed by atoms with Gasteiger partial charge in [-0.25, -0.2) is 0 Å². The zero-order valence-corrected chi connectivity index (χ0v) is 13.0. The third kappa shape index (κ3) is 4.06. The van der Waals surface area contributed by atoms with E-state index in [9.17, 15) is 10.1 Å². The van der Waals surface area contributed by atoms with Gasteiger partial charge in [-0.05, 0) is 44.9 Å². The molecule has 7 heteroatoms. The van der Waals surface area contributed by atoms with E-state index in [2.05, 4.69) is 10.3 Å². The number of ether oxygens (including phenoxy) is 1. The first-order valence-electron chi connectivity index (χ1n) is 6.96. The summed E-state index contributed by atoms with van der Waals surface area (Å²) in [6.45, 7) is 5.69. The predicted octanol–water partition coefficient (Wildman–Crippen LogP) is 3.97. The van der Waals surface area contributed by atoms with Crippen LogP contribution in [0, 0.1) is 10.1 Å². The van der Waals surface area contributed by atoms with Crippen molar-refractivity contribution < 1.29 is 9.66 Å². The van der Waals surface area contributed by atoms with E-state index >= 15 is 0 Å². The zero-order valence-electron chi connectivity index (χ0n) is 12.1. The van der Waals surface area contributed by atoms with Gasteiger partial charge in [-0.3, -0.25) is 10.1 Å². The Balaban J connectivity index is 2.15. The monoisotopic (exact) mass is 299 g/mol. The topological polar surface area (TPSA) is 77.3 Å². The van der Waals surface area contributed by atoms with Gasteiger partial charge in [-0.2, -0.15) is 4.98 Å². The van der Waals surface area contributed by atoms with Crippen LogP contribution in [0.5, 0.6) is 5.19 Å². The largest absolute Gasteiger partial charge is 0.464 e. The third-order valence-electron chi connectivity index (χ3n) is 3.09. The molecule has 0 amide bonds. The molecule has 1 aromatic rings. The van der Waals surface area contributed by atoms with Gasteiger partial charge < -0.3 is 10.1 Å². The van der Waals surface area contributed by atoms with Crippen molar-refractivity contribution in [3.05, 3.63) is 10.1 Å². The van der Waals surface area contributed by atoms with Crippen molar-refractivity contribution in [1.82, 2.24) is 4.98 Å². The summed E-state index contributed by atoms with van der Waals surface area (Å²) in [4.78, 5) is 15.0. The predicted molar refractivity (Wildman–Crippen MR) is 79.6 cm³/mol. The molecular weight excluding hydrogens is 278 g/mol. The molecule has 1 heterocycles. The van der Waals surface area contributed by atoms with Crippen LogP contribution in [0.4, 0.5) is 10.8 Å². The zero-order chi connectivity index (χ0) is 14.8. The molecule has 1 saturated carbocycles. The number of nitro groups is 1. The molecule has 0 aromatic carbocycles. The summed E-state index contributed by atoms with van der Waals surface area (Å²) in [6, 6.07) is 0.284. The quantitative estimate of drug-likeness (QED) is 0.672. The molecule has 1 aliphatic carbocycles. The summed E-state index contributed by atoms with van der Waals surface area (Å²) >= 11 is 0.988. The smallest absolute Gasteiger partial charge is 0.371 e. The van der Waals surface area contributed by atoms with Crippen LogP contribution in [-0.4, -0.2) is 21.6 Å². The molecule has 0 saturated heterocycles. The van der Waals surface area contributed by atoms with E-state index in [4.69, 9.17) is 4.74 Å². The molecule has 0 atom stereocenters. The van der Waals surface area contributed by atoms with Gasteiger partial charge >= 0.3 is 5.00 Å². The standard InChI is InChI=1S/C13H21N3O3S/c1-13(2,3)19-12-15-10(11(20-12)16(17)18)14-9-7-5-4-6-8-9/h9,14H,4-8H2,1-3H3. The van der Waals surface area contributed by atoms with Crippen molar-refractivity contribution in [2.75, 3.05) is 5.32 Å². The van der Waals surface area contributed by atoms with Crippen LogP contribution >= 0.6 is 11.3 Å². The van der Waals surface area contributed by atoms with Crippen LogP contribution in [0.25, 0.3) is 0 Å². The van der Waals surface area contributed by atoms with Crippen LogP contribution in [-0.2, 0) is 0 Å². The Bertz CT molecular complexity index is 476. The summed E-state index contributed by atoms with van der Waals surface area (Å²) in [6.07, 6.45) is 5.67. The van der Waals surface area contributed by atoms with E-state index in [-0.39, 0.29) is 11.0 Å². The lowest BCUT2D eigenvalue weighted by molar-refractivity contribution is -0.379. The number of rotatable bonds is 4. The van der Waals surface area contributed by atoms with E-state index in [1.54, 1.807) is 0 Å². The van der Waals surface area contributed by atoms with Crippen molar-refractivity contribution in [2.24, 2.45) is 0 Å². The van der Waals surface area contributed by atoms with Gasteiger partial charge in [-0.15, -0.1) is 0 Å². The van der Waals surface area contributed by atoms with Gasteiger partial charge in [-0.1, -0.05) is 19.3 Å². The van der Waals surface area contributed by atoms with E-state index in [1.807, 2.05) is 20.8 Å². The highest BCUT2D eigenvalue weighted by atomic mass is 32.1. The minimum atomic E-state index is -0.409. The Morgan fingerprint density at radius 1 is 1.35 bits per heavy atom. The van der Waals surface area contributed by atoms with Gasteiger partial charge in [0.2, 0.25) is 5.82 Å². The molecule has 0 spiro atoms. The lowest BCUT2D eigenvalue weighted by Gasteiger charge is -2.22. The molecule has 2 rings (SSSR count). The first-order valence-corrected chi connectivity index (χ1v) is 7.77. The Morgan fingerprint density at radius 3 is 2.55 bits per heavy atom. The second kappa shape index (κ2) is 5.95. The summed E-state index contributed by atoms with van der Waals surface area (Å²) in [5.41, 5.74) is -0.409. The number of hydrogen-bond donors (Lipinski definition) is 1. The van der Waals surface area contributed by atoms with Gasteiger partial charge in [0.05, 0.1) is 4.92 Å². The maximum atomic E-state index is 11.1. The van der Waals surface area contributed by atoms with Crippen molar-refractivity contribution in [2.45, 2.75) is 64.5 Å². The number of aromatic nitrogens is 1. The second-order valence-electron chi connectivity index (χ2n) is 6.08. The summed E-state index contributed by atoms with van der Waals surface area (Å²) in [5.74, 6) is 0.353. The second-order valence-corrected chi connectivity index (χ2v) is 7.02. The molecule has 20 heavy (non-hydrogen) atoms. The molecule has 112 valence electrons. The SMILES string of the molecule is CC(C)(C)Oc1nc(NC2CCCCC2)c([N+](=O)[O-])s1. The van der Waals surface area contributed by atoms with E-state index < -0.39 is 10.5 Å². The van der Waals surface area contributed by atoms with Gasteiger partial charge in [0.15, 0.2) is 0 Å². The highest BCUT2D eigenvalue weighted by Gasteiger charge is 2.27. The maximum Gasteiger partial charge on any atom is 0.371 e. The normalized spacial score (nSPS) is 16.9. The molecule has 1 aromatic heterocycles. The summed E-state index contributed by atoms with van der Waals surface area (Å²) < 4.78 is 5.63. The first-order chi connectivity index (χ1) is 9.35. The Kier molecular flexibility index (Phi) is 4.47. The van der Waals surface area contributed by atoms with E-state index in [1.165, 1.54) is 19.3 Å². The minimum Gasteiger partial charge on any atom is -0.464 e. The number of nitrogens with zero attached hydrogens (tertiary/aromatic N) is 2. The van der Waals surface area contributed by atoms with Crippen LogP contribution < -0.4 is 10.1 Å². The maximum absolute atomic E-state index is 11.1. The fourth-order valence-electron chi connectivity index (χ4n) is 2.26. The van der Waals surface area contributed by atoms with Crippen LogP contribution in [0.3, 0.4) is 0 Å². The molecule has 0 unspecified atom stereocenters. The molecule has 0 aliphatic heterocycles. The lowest BCUT2D eigenvalue weighted by Crippen LogP contribution is -2.24. The number of nitrogens with one attached hydrogen (secondary N) is 1. The highest BCUT2D eigenvalue weighted by Crippen LogP contribution is 2.38. The lowest BCUT2D eigenvalue weighted by atomic mass is 9.96. The Hall–Kier alpha value is -1.37. The molecule has 1 aliphatic rings. The number of thiazole rings is 1. The fraction of sp³-hybridized carbons (Fsp3) is 0.769. The van der Waals surface area contributed by atoms with Gasteiger partial charge in [0.1, 0.15) is 5.60 Å². The molecule has 1 fully saturated rings. The number of anilines is 1. The molecule has 6 nitrogen and oxygen atoms in total. The number of hydrogen-bond acceptors (Lipinski definition) is 6. The van der Waals surface area contributed by atoms with E-state index in [0.29, 0.717) is 11.0 Å². The van der Waals surface area contributed by atoms with E-state index in [0.717, 1.165) is 24.2 Å². The van der Waals surface area contributed by atoms with Crippen LogP contribution in [0.1, 0.15) is 52.9 Å². The molecule has 0 radical (unpaired) electrons. The average molecular weight is 299 g/mol. The third-order valence-corrected chi connectivity index (χ3v) is 3.98. The molecule has 0 bridgehead atoms. The van der Waals surface area contributed by atoms with Crippen molar-refractivity contribution in [1.29, 1.82) is 0 Å². The Labute approximate surface area is 122 Å². The summed E-state index contributed by atoms with van der Waals surface area (Å²) in [5, 5.41) is 14.7. The molecular formula is C13H21N3O3S. The first kappa shape index (κ1) is 15.0. The minimum absolute atomic E-state index is 0.0369. The highest BCUT2D eigenvalue weighted by molar-refractivity contribution is 7.17. The van der Waals surface area contributed by atoms with Gasteiger partial charge in [0, 0.05) is 6.04 Å². The van der Waals surface area contributed by atoms with Crippen molar-refractivity contribution in [3.8, 4) is 5.19 Å².